The lowest BCUT2D eigenvalue weighted by molar-refractivity contribution is -0.143. The van der Waals surface area contributed by atoms with Gasteiger partial charge in [0.15, 0.2) is 17.7 Å². The second-order valence-electron chi connectivity index (χ2n) is 5.59. The fourth-order valence-electron chi connectivity index (χ4n) is 2.78. The van der Waals surface area contributed by atoms with E-state index in [1.165, 1.54) is 0 Å². The number of carbonyl (C=O) groups is 1. The largest absolute Gasteiger partial charge is 0.507 e. The number of pyridine rings is 1. The van der Waals surface area contributed by atoms with Gasteiger partial charge in [-0.15, -0.1) is 0 Å². The van der Waals surface area contributed by atoms with E-state index in [0.717, 1.165) is 21.5 Å². The molecule has 1 unspecified atom stereocenters. The molecule has 26 heavy (non-hydrogen) atoms. The van der Waals surface area contributed by atoms with Crippen LogP contribution in [-0.2, 0) is 23.9 Å². The van der Waals surface area contributed by atoms with Crippen molar-refractivity contribution < 1.29 is 32.2 Å². The Kier molecular flexibility index (Phi) is 4.42. The molecule has 1 N–H and O–H groups in total. The third kappa shape index (κ3) is 3.26. The number of carboxylic acid groups (broad SMARTS) is 1. The fourth-order valence-corrected chi connectivity index (χ4v) is 2.78. The van der Waals surface area contributed by atoms with E-state index in [9.17, 15) is 27.2 Å². The van der Waals surface area contributed by atoms with Gasteiger partial charge in [-0.1, -0.05) is 0 Å². The summed E-state index contributed by atoms with van der Waals surface area (Å²) in [5, 5.41) is 12.7. The van der Waals surface area contributed by atoms with Gasteiger partial charge in [-0.25, -0.2) is 28.2 Å². The lowest BCUT2D eigenvalue weighted by Gasteiger charge is -2.21. The number of rotatable bonds is 3. The van der Waals surface area contributed by atoms with Crippen molar-refractivity contribution >= 4 is 6.16 Å². The molecule has 2 aromatic rings. The maximum Gasteiger partial charge on any atom is 0.507 e. The van der Waals surface area contributed by atoms with E-state index in [2.05, 4.69) is 14.8 Å². The van der Waals surface area contributed by atoms with Gasteiger partial charge in [0.2, 0.25) is 0 Å². The minimum absolute atomic E-state index is 0.220. The summed E-state index contributed by atoms with van der Waals surface area (Å²) < 4.78 is 58.7. The van der Waals surface area contributed by atoms with Crippen molar-refractivity contribution in [3.8, 4) is 0 Å². The fraction of sp³-hybridized carbons (Fsp3) is 0.429. The molecule has 1 aliphatic rings. The first-order valence-corrected chi connectivity index (χ1v) is 7.47. The molecule has 2 aromatic heterocycles. The molecule has 0 fully saturated rings. The molecular weight excluding hydrogens is 364 g/mol. The van der Waals surface area contributed by atoms with Crippen molar-refractivity contribution in [2.75, 3.05) is 0 Å². The number of nitrogens with zero attached hydrogens (tertiary/aromatic N) is 4. The predicted molar refractivity (Wildman–Crippen MR) is 75.9 cm³/mol. The van der Waals surface area contributed by atoms with Crippen LogP contribution in [0.4, 0.5) is 22.4 Å². The number of ether oxygens (including phenoxy) is 1. The standard InChI is InChI=1S/C14H12F4N4O4/c15-10-7(4-5-19-11(10)14(16,17)18)6-21-12(23)22-8(20-21)2-1-3-9(22)26-13(24)25/h4-5,9H,1-3,6H2,(H,24,25). The second kappa shape index (κ2) is 6.42. The van der Waals surface area contributed by atoms with E-state index in [-0.39, 0.29) is 12.2 Å². The quantitative estimate of drug-likeness (QED) is 0.651. The Morgan fingerprint density at radius 1 is 1.42 bits per heavy atom. The van der Waals surface area contributed by atoms with Gasteiger partial charge in [0.25, 0.3) is 0 Å². The van der Waals surface area contributed by atoms with Crippen LogP contribution in [0, 0.1) is 5.82 Å². The summed E-state index contributed by atoms with van der Waals surface area (Å²) in [4.78, 5) is 26.2. The second-order valence-corrected chi connectivity index (χ2v) is 5.59. The zero-order valence-electron chi connectivity index (χ0n) is 13.0. The highest BCUT2D eigenvalue weighted by Crippen LogP contribution is 2.30. The van der Waals surface area contributed by atoms with Crippen molar-refractivity contribution in [1.29, 1.82) is 0 Å². The topological polar surface area (TPSA) is 99.2 Å². The summed E-state index contributed by atoms with van der Waals surface area (Å²) in [6, 6.07) is 1.01. The van der Waals surface area contributed by atoms with Gasteiger partial charge >= 0.3 is 18.0 Å². The van der Waals surface area contributed by atoms with Crippen LogP contribution in [0.15, 0.2) is 17.1 Å². The SMILES string of the molecule is O=C(O)OC1CCCc2nn(Cc3ccnc(C(F)(F)F)c3F)c(=O)n21. The van der Waals surface area contributed by atoms with Crippen LogP contribution in [0.25, 0.3) is 0 Å². The Labute approximate surface area is 142 Å². The molecule has 0 radical (unpaired) electrons. The number of fused-ring (bicyclic) bond motifs is 1. The van der Waals surface area contributed by atoms with E-state index >= 15 is 0 Å². The summed E-state index contributed by atoms with van der Waals surface area (Å²) in [5.41, 5.74) is -2.89. The van der Waals surface area contributed by atoms with Crippen molar-refractivity contribution in [1.82, 2.24) is 19.3 Å². The summed E-state index contributed by atoms with van der Waals surface area (Å²) in [7, 11) is 0. The van der Waals surface area contributed by atoms with Gasteiger partial charge < -0.3 is 9.84 Å². The normalized spacial score (nSPS) is 17.0. The predicted octanol–water partition coefficient (Wildman–Crippen LogP) is 2.18. The first-order chi connectivity index (χ1) is 12.2. The average Bonchev–Trinajstić information content (AvgIpc) is 2.85. The molecule has 0 saturated carbocycles. The number of alkyl halides is 3. The minimum atomic E-state index is -4.97. The Bertz CT molecular complexity index is 905. The average molecular weight is 376 g/mol. The molecule has 0 bridgehead atoms. The maximum absolute atomic E-state index is 14.1. The molecule has 140 valence electrons. The number of halogens is 4. The van der Waals surface area contributed by atoms with Gasteiger partial charge in [0.1, 0.15) is 5.82 Å². The summed E-state index contributed by atoms with van der Waals surface area (Å²) in [6.07, 6.45) is -5.71. The van der Waals surface area contributed by atoms with Crippen molar-refractivity contribution in [3.63, 3.8) is 0 Å². The highest BCUT2D eigenvalue weighted by atomic mass is 19.4. The van der Waals surface area contributed by atoms with E-state index < -0.39 is 47.9 Å². The first kappa shape index (κ1) is 17.9. The molecule has 0 amide bonds. The third-order valence-corrected chi connectivity index (χ3v) is 3.88. The molecule has 3 rings (SSSR count). The molecule has 0 saturated heterocycles. The van der Waals surface area contributed by atoms with Gasteiger partial charge in [-0.3, -0.25) is 0 Å². The zero-order valence-corrected chi connectivity index (χ0v) is 13.0. The summed E-state index contributed by atoms with van der Waals surface area (Å²) in [5.74, 6) is -1.37. The highest BCUT2D eigenvalue weighted by molar-refractivity contribution is 5.56. The minimum Gasteiger partial charge on any atom is -0.450 e. The molecular formula is C14H12F4N4O4. The molecule has 3 heterocycles. The summed E-state index contributed by atoms with van der Waals surface area (Å²) >= 11 is 0. The van der Waals surface area contributed by atoms with Gasteiger partial charge in [0, 0.05) is 24.6 Å². The third-order valence-electron chi connectivity index (χ3n) is 3.88. The molecule has 0 spiro atoms. The van der Waals surface area contributed by atoms with E-state index in [0.29, 0.717) is 12.8 Å². The lowest BCUT2D eigenvalue weighted by atomic mass is 10.1. The number of aryl methyl sites for hydroxylation is 1. The molecule has 1 aliphatic heterocycles. The van der Waals surface area contributed by atoms with Gasteiger partial charge in [-0.2, -0.15) is 18.3 Å². The van der Waals surface area contributed by atoms with Crippen LogP contribution in [0.1, 0.15) is 36.2 Å². The lowest BCUT2D eigenvalue weighted by Crippen LogP contribution is -2.33. The smallest absolute Gasteiger partial charge is 0.450 e. The Hall–Kier alpha value is -2.92. The zero-order chi connectivity index (χ0) is 19.1. The van der Waals surface area contributed by atoms with Crippen molar-refractivity contribution in [2.24, 2.45) is 0 Å². The molecule has 1 atom stereocenters. The monoisotopic (exact) mass is 376 g/mol. The Balaban J connectivity index is 1.97. The van der Waals surface area contributed by atoms with Crippen LogP contribution in [-0.4, -0.2) is 30.6 Å². The van der Waals surface area contributed by atoms with Crippen LogP contribution in [0.3, 0.4) is 0 Å². The molecule has 0 aliphatic carbocycles. The van der Waals surface area contributed by atoms with Crippen LogP contribution in [0.5, 0.6) is 0 Å². The molecule has 0 aromatic carbocycles. The van der Waals surface area contributed by atoms with Crippen LogP contribution in [0.2, 0.25) is 0 Å². The maximum atomic E-state index is 14.1. The highest BCUT2D eigenvalue weighted by Gasteiger charge is 2.37. The number of aromatic nitrogens is 4. The molecule has 8 nitrogen and oxygen atoms in total. The van der Waals surface area contributed by atoms with Crippen molar-refractivity contribution in [3.05, 3.63) is 45.6 Å². The molecule has 12 heteroatoms. The number of hydrogen-bond donors (Lipinski definition) is 1. The van der Waals surface area contributed by atoms with Gasteiger partial charge in [0.05, 0.1) is 6.54 Å². The van der Waals surface area contributed by atoms with E-state index in [1.807, 2.05) is 0 Å². The van der Waals surface area contributed by atoms with E-state index in [4.69, 9.17) is 5.11 Å². The van der Waals surface area contributed by atoms with Crippen LogP contribution >= 0.6 is 0 Å². The van der Waals surface area contributed by atoms with E-state index in [1.54, 1.807) is 0 Å². The first-order valence-electron chi connectivity index (χ1n) is 7.47. The summed E-state index contributed by atoms with van der Waals surface area (Å²) in [6.45, 7) is -0.559. The Morgan fingerprint density at radius 3 is 2.81 bits per heavy atom. The number of hydrogen-bond acceptors (Lipinski definition) is 5. The van der Waals surface area contributed by atoms with Crippen LogP contribution < -0.4 is 5.69 Å². The Morgan fingerprint density at radius 2 is 2.15 bits per heavy atom. The van der Waals surface area contributed by atoms with Crippen molar-refractivity contribution in [2.45, 2.75) is 38.2 Å². The van der Waals surface area contributed by atoms with Gasteiger partial charge in [-0.05, 0) is 12.5 Å².